The van der Waals surface area contributed by atoms with Gasteiger partial charge in [-0.15, -0.1) is 0 Å². The molecule has 26 heavy (non-hydrogen) atoms. The van der Waals surface area contributed by atoms with Crippen molar-refractivity contribution in [3.8, 4) is 5.75 Å². The Balaban J connectivity index is 1.57. The predicted octanol–water partition coefficient (Wildman–Crippen LogP) is 4.68. The zero-order valence-corrected chi connectivity index (χ0v) is 15.3. The van der Waals surface area contributed by atoms with Gasteiger partial charge < -0.3 is 14.5 Å². The average molecular weight is 351 g/mol. The molecule has 5 heteroatoms. The van der Waals surface area contributed by atoms with E-state index < -0.39 is 0 Å². The zero-order chi connectivity index (χ0) is 18.4. The number of imidazole rings is 1. The number of hydrogen-bond acceptors (Lipinski definition) is 3. The van der Waals surface area contributed by atoms with Gasteiger partial charge >= 0.3 is 0 Å². The van der Waals surface area contributed by atoms with Crippen molar-refractivity contribution in [1.82, 2.24) is 9.38 Å². The molecule has 0 saturated carbocycles. The molecule has 0 radical (unpaired) electrons. The van der Waals surface area contributed by atoms with E-state index in [2.05, 4.69) is 24.1 Å². The molecule has 136 valence electrons. The molecule has 0 aliphatic rings. The maximum absolute atomic E-state index is 12.1. The number of amides is 1. The van der Waals surface area contributed by atoms with Gasteiger partial charge in [-0.1, -0.05) is 38.8 Å². The summed E-state index contributed by atoms with van der Waals surface area (Å²) < 4.78 is 7.80. The van der Waals surface area contributed by atoms with Crippen LogP contribution in [0.25, 0.3) is 5.65 Å². The normalized spacial score (nSPS) is 12.1. The van der Waals surface area contributed by atoms with Crippen LogP contribution < -0.4 is 10.1 Å². The number of carbonyl (C=O) groups is 1. The van der Waals surface area contributed by atoms with Crippen molar-refractivity contribution >= 4 is 17.2 Å². The Hall–Kier alpha value is -2.82. The third-order valence-corrected chi connectivity index (χ3v) is 4.23. The van der Waals surface area contributed by atoms with Crippen LogP contribution in [-0.4, -0.2) is 15.3 Å². The van der Waals surface area contributed by atoms with Gasteiger partial charge in [-0.05, 0) is 30.2 Å². The molecule has 1 atom stereocenters. The van der Waals surface area contributed by atoms with Gasteiger partial charge in [0.25, 0.3) is 0 Å². The lowest BCUT2D eigenvalue weighted by molar-refractivity contribution is -0.117. The van der Waals surface area contributed by atoms with E-state index in [1.807, 2.05) is 59.3 Å². The largest absolute Gasteiger partial charge is 0.487 e. The molecule has 1 unspecified atom stereocenters. The first-order valence-electron chi connectivity index (χ1n) is 9.09. The Morgan fingerprint density at radius 2 is 2.15 bits per heavy atom. The standard InChI is InChI=1S/C21H25N3O2/c1-3-7-16(2)12-21(25)23-17-8-6-9-19(13-17)26-15-18-14-24-11-5-4-10-20(24)22-18/h4-6,8-11,13-14,16H,3,7,12,15H2,1-2H3,(H,23,25). The summed E-state index contributed by atoms with van der Waals surface area (Å²) in [5, 5.41) is 2.95. The van der Waals surface area contributed by atoms with Crippen LogP contribution in [0.15, 0.2) is 54.9 Å². The minimum Gasteiger partial charge on any atom is -0.487 e. The molecule has 1 aromatic carbocycles. The van der Waals surface area contributed by atoms with Crippen LogP contribution in [0, 0.1) is 5.92 Å². The maximum Gasteiger partial charge on any atom is 0.224 e. The highest BCUT2D eigenvalue weighted by molar-refractivity contribution is 5.91. The molecule has 0 aliphatic carbocycles. The molecule has 0 aliphatic heterocycles. The molecule has 5 nitrogen and oxygen atoms in total. The number of nitrogens with zero attached hydrogens (tertiary/aromatic N) is 2. The molecule has 0 spiro atoms. The van der Waals surface area contributed by atoms with Gasteiger partial charge in [0.05, 0.1) is 5.69 Å². The fraction of sp³-hybridized carbons (Fsp3) is 0.333. The third kappa shape index (κ3) is 4.85. The van der Waals surface area contributed by atoms with Gasteiger partial charge in [0.1, 0.15) is 18.0 Å². The highest BCUT2D eigenvalue weighted by Crippen LogP contribution is 2.20. The maximum atomic E-state index is 12.1. The summed E-state index contributed by atoms with van der Waals surface area (Å²) in [5.41, 5.74) is 2.51. The second kappa shape index (κ2) is 8.52. The number of pyridine rings is 1. The van der Waals surface area contributed by atoms with Crippen LogP contribution in [0.2, 0.25) is 0 Å². The summed E-state index contributed by atoms with van der Waals surface area (Å²) >= 11 is 0. The molecule has 2 aromatic heterocycles. The Labute approximate surface area is 154 Å². The van der Waals surface area contributed by atoms with Gasteiger partial charge in [-0.3, -0.25) is 4.79 Å². The fourth-order valence-corrected chi connectivity index (χ4v) is 3.00. The minimum atomic E-state index is 0.0449. The van der Waals surface area contributed by atoms with E-state index in [9.17, 15) is 4.79 Å². The van der Waals surface area contributed by atoms with Crippen molar-refractivity contribution in [2.24, 2.45) is 5.92 Å². The van der Waals surface area contributed by atoms with Crippen LogP contribution in [0.4, 0.5) is 5.69 Å². The van der Waals surface area contributed by atoms with Crippen LogP contribution in [-0.2, 0) is 11.4 Å². The van der Waals surface area contributed by atoms with Crippen LogP contribution in [0.3, 0.4) is 0 Å². The van der Waals surface area contributed by atoms with Crippen molar-refractivity contribution in [2.75, 3.05) is 5.32 Å². The van der Waals surface area contributed by atoms with E-state index in [4.69, 9.17) is 4.74 Å². The molecule has 1 N–H and O–H groups in total. The number of nitrogens with one attached hydrogen (secondary N) is 1. The van der Waals surface area contributed by atoms with Gasteiger partial charge in [-0.25, -0.2) is 4.98 Å². The number of anilines is 1. The Morgan fingerprint density at radius 1 is 1.27 bits per heavy atom. The van der Waals surface area contributed by atoms with Gasteiger partial charge in [0, 0.05) is 30.6 Å². The number of hydrogen-bond donors (Lipinski definition) is 1. The second-order valence-electron chi connectivity index (χ2n) is 6.66. The average Bonchev–Trinajstić information content (AvgIpc) is 3.03. The lowest BCUT2D eigenvalue weighted by Crippen LogP contribution is -2.15. The first-order valence-corrected chi connectivity index (χ1v) is 9.09. The monoisotopic (exact) mass is 351 g/mol. The molecular formula is C21H25N3O2. The zero-order valence-electron chi connectivity index (χ0n) is 15.3. The summed E-state index contributed by atoms with van der Waals surface area (Å²) in [5.74, 6) is 1.15. The fourth-order valence-electron chi connectivity index (χ4n) is 3.00. The molecule has 3 rings (SSSR count). The lowest BCUT2D eigenvalue weighted by Gasteiger charge is -2.11. The predicted molar refractivity (Wildman–Crippen MR) is 103 cm³/mol. The van der Waals surface area contributed by atoms with Crippen molar-refractivity contribution < 1.29 is 9.53 Å². The minimum absolute atomic E-state index is 0.0449. The highest BCUT2D eigenvalue weighted by atomic mass is 16.5. The summed E-state index contributed by atoms with van der Waals surface area (Å²) in [6.07, 6.45) is 6.62. The van der Waals surface area contributed by atoms with Crippen molar-refractivity contribution in [1.29, 1.82) is 0 Å². The van der Waals surface area contributed by atoms with E-state index in [0.717, 1.165) is 29.9 Å². The smallest absolute Gasteiger partial charge is 0.224 e. The molecule has 3 aromatic rings. The number of benzene rings is 1. The summed E-state index contributed by atoms with van der Waals surface area (Å²) in [6.45, 7) is 4.63. The van der Waals surface area contributed by atoms with Gasteiger partial charge in [0.2, 0.25) is 5.91 Å². The van der Waals surface area contributed by atoms with E-state index in [1.165, 1.54) is 0 Å². The van der Waals surface area contributed by atoms with E-state index in [-0.39, 0.29) is 5.91 Å². The van der Waals surface area contributed by atoms with E-state index in [1.54, 1.807) is 0 Å². The van der Waals surface area contributed by atoms with Gasteiger partial charge in [-0.2, -0.15) is 0 Å². The molecular weight excluding hydrogens is 326 g/mol. The van der Waals surface area contributed by atoms with Crippen LogP contribution in [0.1, 0.15) is 38.8 Å². The molecule has 0 bridgehead atoms. The van der Waals surface area contributed by atoms with Gasteiger partial charge in [0.15, 0.2) is 0 Å². The summed E-state index contributed by atoms with van der Waals surface area (Å²) in [4.78, 5) is 16.6. The second-order valence-corrected chi connectivity index (χ2v) is 6.66. The summed E-state index contributed by atoms with van der Waals surface area (Å²) in [6, 6.07) is 13.4. The van der Waals surface area contributed by atoms with E-state index >= 15 is 0 Å². The van der Waals surface area contributed by atoms with Crippen molar-refractivity contribution in [2.45, 2.75) is 39.7 Å². The number of aromatic nitrogens is 2. The third-order valence-electron chi connectivity index (χ3n) is 4.23. The lowest BCUT2D eigenvalue weighted by atomic mass is 10.0. The summed E-state index contributed by atoms with van der Waals surface area (Å²) in [7, 11) is 0. The van der Waals surface area contributed by atoms with Crippen molar-refractivity contribution in [3.05, 3.63) is 60.6 Å². The Morgan fingerprint density at radius 3 is 2.96 bits per heavy atom. The first kappa shape index (κ1) is 18.0. The SMILES string of the molecule is CCCC(C)CC(=O)Nc1cccc(OCc2cn3ccccc3n2)c1. The Bertz CT molecular complexity index is 839. The first-order chi connectivity index (χ1) is 12.6. The number of ether oxygens (including phenoxy) is 1. The number of fused-ring (bicyclic) bond motifs is 1. The molecule has 2 heterocycles. The van der Waals surface area contributed by atoms with Crippen LogP contribution >= 0.6 is 0 Å². The van der Waals surface area contributed by atoms with Crippen LogP contribution in [0.5, 0.6) is 5.75 Å². The molecule has 0 fully saturated rings. The topological polar surface area (TPSA) is 55.6 Å². The Kier molecular flexibility index (Phi) is 5.89. The molecule has 0 saturated heterocycles. The highest BCUT2D eigenvalue weighted by Gasteiger charge is 2.09. The number of carbonyl (C=O) groups excluding carboxylic acids is 1. The van der Waals surface area contributed by atoms with E-state index in [0.29, 0.717) is 24.7 Å². The number of rotatable bonds is 8. The quantitative estimate of drug-likeness (QED) is 0.641. The molecule has 1 amide bonds. The van der Waals surface area contributed by atoms with Crippen molar-refractivity contribution in [3.63, 3.8) is 0 Å².